The van der Waals surface area contributed by atoms with Gasteiger partial charge < -0.3 is 15.6 Å². The molecule has 20 heavy (non-hydrogen) atoms. The number of hydrogen-bond acceptors (Lipinski definition) is 4. The molecule has 5 heteroatoms. The van der Waals surface area contributed by atoms with Gasteiger partial charge in [0.2, 0.25) is 5.88 Å². The maximum absolute atomic E-state index is 10.7. The fraction of sp³-hybridized carbons (Fsp3) is 0.200. The van der Waals surface area contributed by atoms with Crippen LogP contribution in [0.1, 0.15) is 11.1 Å². The summed E-state index contributed by atoms with van der Waals surface area (Å²) in [5.74, 6) is 0.143. The number of carbonyl (C=O) groups is 1. The standard InChI is InChI=1S/C15H16N2O3/c1-10-2-5-12(6-3-10)20-14-7-4-11(9-17-14)8-13(16)15(18)19/h2-7,9,13H,8,16H2,1H3,(H,18,19). The zero-order valence-corrected chi connectivity index (χ0v) is 11.1. The van der Waals surface area contributed by atoms with Gasteiger partial charge >= 0.3 is 5.97 Å². The number of carboxylic acids is 1. The average molecular weight is 272 g/mol. The second kappa shape index (κ2) is 6.16. The Morgan fingerprint density at radius 1 is 1.30 bits per heavy atom. The van der Waals surface area contributed by atoms with Crippen molar-refractivity contribution >= 4 is 5.97 Å². The topological polar surface area (TPSA) is 85.4 Å². The monoisotopic (exact) mass is 272 g/mol. The number of nitrogens with zero attached hydrogens (tertiary/aromatic N) is 1. The van der Waals surface area contributed by atoms with Gasteiger partial charge in [-0.1, -0.05) is 23.8 Å². The Morgan fingerprint density at radius 2 is 2.00 bits per heavy atom. The van der Waals surface area contributed by atoms with Gasteiger partial charge in [-0.15, -0.1) is 0 Å². The van der Waals surface area contributed by atoms with E-state index in [0.29, 0.717) is 11.6 Å². The van der Waals surface area contributed by atoms with Gasteiger partial charge in [-0.2, -0.15) is 0 Å². The van der Waals surface area contributed by atoms with E-state index in [1.807, 2.05) is 31.2 Å². The summed E-state index contributed by atoms with van der Waals surface area (Å²) in [4.78, 5) is 14.8. The number of rotatable bonds is 5. The van der Waals surface area contributed by atoms with Crippen LogP contribution in [0.4, 0.5) is 0 Å². The van der Waals surface area contributed by atoms with Crippen molar-refractivity contribution in [3.05, 3.63) is 53.7 Å². The normalized spacial score (nSPS) is 11.9. The van der Waals surface area contributed by atoms with E-state index >= 15 is 0 Å². The molecule has 2 rings (SSSR count). The number of aliphatic carboxylic acids is 1. The molecule has 0 spiro atoms. The molecule has 0 bridgehead atoms. The van der Waals surface area contributed by atoms with E-state index in [1.165, 1.54) is 0 Å². The van der Waals surface area contributed by atoms with E-state index < -0.39 is 12.0 Å². The molecule has 0 radical (unpaired) electrons. The van der Waals surface area contributed by atoms with Gasteiger partial charge in [0.25, 0.3) is 0 Å². The van der Waals surface area contributed by atoms with E-state index in [1.54, 1.807) is 18.3 Å². The van der Waals surface area contributed by atoms with Crippen LogP contribution in [0.15, 0.2) is 42.6 Å². The molecule has 1 heterocycles. The fourth-order valence-corrected chi connectivity index (χ4v) is 1.66. The summed E-state index contributed by atoms with van der Waals surface area (Å²) in [6, 6.07) is 10.2. The number of ether oxygens (including phenoxy) is 1. The lowest BCUT2D eigenvalue weighted by Crippen LogP contribution is -2.32. The van der Waals surface area contributed by atoms with Crippen molar-refractivity contribution in [2.75, 3.05) is 0 Å². The van der Waals surface area contributed by atoms with E-state index in [0.717, 1.165) is 11.1 Å². The molecule has 0 aliphatic carbocycles. The van der Waals surface area contributed by atoms with Crippen molar-refractivity contribution in [2.24, 2.45) is 5.73 Å². The highest BCUT2D eigenvalue weighted by molar-refractivity contribution is 5.73. The summed E-state index contributed by atoms with van der Waals surface area (Å²) in [7, 11) is 0. The summed E-state index contributed by atoms with van der Waals surface area (Å²) in [6.45, 7) is 2.00. The third kappa shape index (κ3) is 3.80. The number of pyridine rings is 1. The Morgan fingerprint density at radius 3 is 2.55 bits per heavy atom. The van der Waals surface area contributed by atoms with Gasteiger partial charge in [0.1, 0.15) is 11.8 Å². The lowest BCUT2D eigenvalue weighted by atomic mass is 10.1. The number of benzene rings is 1. The Hall–Kier alpha value is -2.40. The van der Waals surface area contributed by atoms with Crippen LogP contribution in [-0.4, -0.2) is 22.1 Å². The first-order chi connectivity index (χ1) is 9.54. The zero-order chi connectivity index (χ0) is 14.5. The zero-order valence-electron chi connectivity index (χ0n) is 11.1. The highest BCUT2D eigenvalue weighted by Gasteiger charge is 2.12. The molecule has 0 saturated heterocycles. The van der Waals surface area contributed by atoms with Crippen molar-refractivity contribution in [2.45, 2.75) is 19.4 Å². The highest BCUT2D eigenvalue weighted by Crippen LogP contribution is 2.19. The number of carboxylic acid groups (broad SMARTS) is 1. The summed E-state index contributed by atoms with van der Waals surface area (Å²) < 4.78 is 5.58. The van der Waals surface area contributed by atoms with Crippen LogP contribution >= 0.6 is 0 Å². The second-order valence-electron chi connectivity index (χ2n) is 4.57. The first kappa shape index (κ1) is 14.0. The molecule has 0 aliphatic heterocycles. The average Bonchev–Trinajstić information content (AvgIpc) is 2.43. The predicted octanol–water partition coefficient (Wildman–Crippen LogP) is 2.14. The molecule has 1 atom stereocenters. The minimum absolute atomic E-state index is 0.243. The van der Waals surface area contributed by atoms with Crippen molar-refractivity contribution in [3.63, 3.8) is 0 Å². The Labute approximate surface area is 117 Å². The minimum atomic E-state index is -1.02. The van der Waals surface area contributed by atoms with E-state index in [4.69, 9.17) is 15.6 Å². The Balaban J connectivity index is 2.01. The van der Waals surface area contributed by atoms with Crippen LogP contribution in [0.25, 0.3) is 0 Å². The number of hydrogen-bond donors (Lipinski definition) is 2. The summed E-state index contributed by atoms with van der Waals surface area (Å²) in [6.07, 6.45) is 1.82. The summed E-state index contributed by atoms with van der Waals surface area (Å²) in [5, 5.41) is 8.75. The highest BCUT2D eigenvalue weighted by atomic mass is 16.5. The fourth-order valence-electron chi connectivity index (χ4n) is 1.66. The van der Waals surface area contributed by atoms with Gasteiger partial charge in [0.05, 0.1) is 0 Å². The maximum atomic E-state index is 10.7. The predicted molar refractivity (Wildman–Crippen MR) is 74.8 cm³/mol. The van der Waals surface area contributed by atoms with Crippen molar-refractivity contribution in [3.8, 4) is 11.6 Å². The largest absolute Gasteiger partial charge is 0.480 e. The first-order valence-corrected chi connectivity index (χ1v) is 6.22. The van der Waals surface area contributed by atoms with E-state index in [2.05, 4.69) is 4.98 Å². The van der Waals surface area contributed by atoms with Gasteiger partial charge in [-0.25, -0.2) is 4.98 Å². The van der Waals surface area contributed by atoms with Gasteiger partial charge in [0, 0.05) is 12.3 Å². The Kier molecular flexibility index (Phi) is 4.32. The summed E-state index contributed by atoms with van der Waals surface area (Å²) in [5.41, 5.74) is 7.38. The molecule has 2 aromatic rings. The molecule has 0 fully saturated rings. The molecular formula is C15H16N2O3. The molecule has 0 aliphatic rings. The van der Waals surface area contributed by atoms with Crippen LogP contribution in [0.5, 0.6) is 11.6 Å². The second-order valence-corrected chi connectivity index (χ2v) is 4.57. The molecule has 0 amide bonds. The van der Waals surface area contributed by atoms with Gasteiger partial charge in [0.15, 0.2) is 0 Å². The lowest BCUT2D eigenvalue weighted by Gasteiger charge is -2.08. The molecule has 1 aromatic heterocycles. The minimum Gasteiger partial charge on any atom is -0.480 e. The van der Waals surface area contributed by atoms with Crippen LogP contribution in [-0.2, 0) is 11.2 Å². The van der Waals surface area contributed by atoms with E-state index in [9.17, 15) is 4.79 Å². The quantitative estimate of drug-likeness (QED) is 0.871. The summed E-state index contributed by atoms with van der Waals surface area (Å²) >= 11 is 0. The van der Waals surface area contributed by atoms with Crippen molar-refractivity contribution in [1.29, 1.82) is 0 Å². The first-order valence-electron chi connectivity index (χ1n) is 6.22. The molecule has 1 unspecified atom stereocenters. The molecule has 104 valence electrons. The number of nitrogens with two attached hydrogens (primary N) is 1. The van der Waals surface area contributed by atoms with Crippen LogP contribution < -0.4 is 10.5 Å². The van der Waals surface area contributed by atoms with E-state index in [-0.39, 0.29) is 6.42 Å². The number of aryl methyl sites for hydroxylation is 1. The van der Waals surface area contributed by atoms with Crippen LogP contribution in [0.3, 0.4) is 0 Å². The van der Waals surface area contributed by atoms with Crippen LogP contribution in [0, 0.1) is 6.92 Å². The lowest BCUT2D eigenvalue weighted by molar-refractivity contribution is -0.138. The van der Waals surface area contributed by atoms with Crippen molar-refractivity contribution < 1.29 is 14.6 Å². The van der Waals surface area contributed by atoms with Crippen molar-refractivity contribution in [1.82, 2.24) is 4.98 Å². The third-order valence-corrected chi connectivity index (χ3v) is 2.81. The molecular weight excluding hydrogens is 256 g/mol. The number of aromatic nitrogens is 1. The molecule has 0 saturated carbocycles. The van der Waals surface area contributed by atoms with Gasteiger partial charge in [-0.3, -0.25) is 4.79 Å². The van der Waals surface area contributed by atoms with Crippen LogP contribution in [0.2, 0.25) is 0 Å². The molecule has 3 N–H and O–H groups in total. The van der Waals surface area contributed by atoms with Gasteiger partial charge in [-0.05, 0) is 31.0 Å². The smallest absolute Gasteiger partial charge is 0.320 e. The third-order valence-electron chi connectivity index (χ3n) is 2.81. The maximum Gasteiger partial charge on any atom is 0.320 e. The SMILES string of the molecule is Cc1ccc(Oc2ccc(CC(N)C(=O)O)cn2)cc1. The Bertz CT molecular complexity index is 579. The molecule has 1 aromatic carbocycles. The molecule has 5 nitrogen and oxygen atoms in total.